The maximum atomic E-state index is 12.4. The highest BCUT2D eigenvalue weighted by molar-refractivity contribution is 5.48. The van der Waals surface area contributed by atoms with Crippen LogP contribution in [-0.4, -0.2) is 51.1 Å². The van der Waals surface area contributed by atoms with E-state index in [9.17, 15) is 15.3 Å². The van der Waals surface area contributed by atoms with Crippen LogP contribution in [0, 0.1) is 44.8 Å². The summed E-state index contributed by atoms with van der Waals surface area (Å²) in [7, 11) is 0. The topological polar surface area (TPSA) is 79.2 Å². The van der Waals surface area contributed by atoms with E-state index in [2.05, 4.69) is 40.7 Å². The summed E-state index contributed by atoms with van der Waals surface area (Å²) in [6.45, 7) is 15.2. The molecule has 6 fully saturated rings. The van der Waals surface area contributed by atoms with Crippen LogP contribution in [0.3, 0.4) is 0 Å². The monoisotopic (exact) mass is 486 g/mol. The van der Waals surface area contributed by atoms with Crippen LogP contribution in [-0.2, 0) is 9.47 Å². The molecule has 4 saturated carbocycles. The van der Waals surface area contributed by atoms with Crippen LogP contribution in [0.25, 0.3) is 0 Å². The van der Waals surface area contributed by atoms with Crippen molar-refractivity contribution in [3.63, 3.8) is 0 Å². The third-order valence-corrected chi connectivity index (χ3v) is 13.5. The fourth-order valence-electron chi connectivity index (χ4n) is 11.8. The van der Waals surface area contributed by atoms with Gasteiger partial charge in [0.05, 0.1) is 17.8 Å². The van der Waals surface area contributed by atoms with Crippen molar-refractivity contribution in [3.05, 3.63) is 11.6 Å². The van der Waals surface area contributed by atoms with E-state index in [1.807, 2.05) is 13.8 Å². The predicted molar refractivity (Wildman–Crippen MR) is 132 cm³/mol. The fraction of sp³-hybridized carbons (Fsp3) is 0.933. The highest BCUT2D eigenvalue weighted by Crippen LogP contribution is 2.89. The number of ether oxygens (including phenoxy) is 2. The van der Waals surface area contributed by atoms with Crippen molar-refractivity contribution < 1.29 is 24.8 Å². The molecule has 2 aliphatic heterocycles. The van der Waals surface area contributed by atoms with Gasteiger partial charge < -0.3 is 24.8 Å². The Kier molecular flexibility index (Phi) is 4.20. The smallest absolute Gasteiger partial charge is 0.199 e. The first-order valence-electron chi connectivity index (χ1n) is 14.3. The Morgan fingerprint density at radius 3 is 2.43 bits per heavy atom. The van der Waals surface area contributed by atoms with Gasteiger partial charge in [-0.2, -0.15) is 0 Å². The van der Waals surface area contributed by atoms with Crippen LogP contribution >= 0.6 is 0 Å². The van der Waals surface area contributed by atoms with Gasteiger partial charge in [-0.15, -0.1) is 0 Å². The van der Waals surface area contributed by atoms with Crippen molar-refractivity contribution in [2.75, 3.05) is 0 Å². The van der Waals surface area contributed by atoms with E-state index < -0.39 is 29.0 Å². The molecule has 3 spiro atoms. The van der Waals surface area contributed by atoms with Gasteiger partial charge >= 0.3 is 0 Å². The van der Waals surface area contributed by atoms with Gasteiger partial charge in [-0.05, 0) is 92.3 Å². The summed E-state index contributed by atoms with van der Waals surface area (Å²) >= 11 is 0. The minimum absolute atomic E-state index is 0.0776. The Morgan fingerprint density at radius 1 is 1.03 bits per heavy atom. The highest BCUT2D eigenvalue weighted by Gasteiger charge is 2.86. The van der Waals surface area contributed by atoms with Crippen LogP contribution < -0.4 is 0 Å². The first kappa shape index (κ1) is 23.6. The standard InChI is InChI=1S/C30H46O5/c1-16-14-17-22(25(4,5)33)35-30(34-17)21(16)26(6)12-13-29-15-28(29)11-10-20(31)24(2,3)18(28)8-9-19(29)27(26,7)23(30)32/h9,16-18,20-23,31-33H,8,10-15H2,1-7H3/t16-,17-,18?,20+,21-,22+,23-,26-,27-,28-,29+,30+/m1/s1. The van der Waals surface area contributed by atoms with Gasteiger partial charge in [-0.25, -0.2) is 0 Å². The summed E-state index contributed by atoms with van der Waals surface area (Å²) in [5, 5.41) is 34.3. The molecule has 35 heavy (non-hydrogen) atoms. The molecule has 196 valence electrons. The summed E-state index contributed by atoms with van der Waals surface area (Å²) in [4.78, 5) is 0. The van der Waals surface area contributed by atoms with Crippen LogP contribution in [0.5, 0.6) is 0 Å². The van der Waals surface area contributed by atoms with Crippen molar-refractivity contribution in [3.8, 4) is 0 Å². The van der Waals surface area contributed by atoms with Crippen molar-refractivity contribution >= 4 is 0 Å². The van der Waals surface area contributed by atoms with Crippen LogP contribution in [0.4, 0.5) is 0 Å². The molecule has 0 radical (unpaired) electrons. The molecule has 5 nitrogen and oxygen atoms in total. The van der Waals surface area contributed by atoms with Crippen molar-refractivity contribution in [2.24, 2.45) is 44.8 Å². The average Bonchev–Trinajstić information content (AvgIpc) is 3.28. The zero-order valence-corrected chi connectivity index (χ0v) is 22.7. The zero-order valence-electron chi connectivity index (χ0n) is 22.7. The molecule has 1 unspecified atom stereocenters. The molecule has 2 bridgehead atoms. The van der Waals surface area contributed by atoms with Gasteiger partial charge in [0.2, 0.25) is 0 Å². The number of fused-ring (bicyclic) bond motifs is 4. The molecule has 5 aliphatic carbocycles. The lowest BCUT2D eigenvalue weighted by Gasteiger charge is -2.59. The Bertz CT molecular complexity index is 1010. The van der Waals surface area contributed by atoms with E-state index in [4.69, 9.17) is 9.47 Å². The third kappa shape index (κ3) is 2.26. The van der Waals surface area contributed by atoms with Crippen molar-refractivity contribution in [1.29, 1.82) is 0 Å². The lowest BCUT2D eigenvalue weighted by molar-refractivity contribution is -0.279. The predicted octanol–water partition coefficient (Wildman–Crippen LogP) is 4.58. The van der Waals surface area contributed by atoms with Crippen LogP contribution in [0.1, 0.15) is 93.4 Å². The summed E-state index contributed by atoms with van der Waals surface area (Å²) < 4.78 is 13.5. The Balaban J connectivity index is 1.37. The molecular formula is C30H46O5. The van der Waals surface area contributed by atoms with E-state index in [-0.39, 0.29) is 39.8 Å². The Hall–Kier alpha value is -0.460. The number of hydrogen-bond acceptors (Lipinski definition) is 5. The average molecular weight is 487 g/mol. The Morgan fingerprint density at radius 2 is 1.74 bits per heavy atom. The third-order valence-electron chi connectivity index (χ3n) is 13.5. The second-order valence-corrected chi connectivity index (χ2v) is 15.5. The molecule has 0 amide bonds. The maximum absolute atomic E-state index is 12.4. The first-order chi connectivity index (χ1) is 16.1. The molecule has 2 heterocycles. The molecular weight excluding hydrogens is 440 g/mol. The van der Waals surface area contributed by atoms with E-state index in [0.717, 1.165) is 38.5 Å². The van der Waals surface area contributed by atoms with Crippen molar-refractivity contribution in [2.45, 2.75) is 129 Å². The van der Waals surface area contributed by atoms with Crippen LogP contribution in [0.15, 0.2) is 11.6 Å². The summed E-state index contributed by atoms with van der Waals surface area (Å²) in [6.07, 6.45) is 8.17. The number of allylic oxidation sites excluding steroid dienone is 1. The molecule has 0 aromatic carbocycles. The quantitative estimate of drug-likeness (QED) is 0.473. The molecule has 3 N–H and O–H groups in total. The molecule has 0 aromatic rings. The van der Waals surface area contributed by atoms with Gasteiger partial charge in [-0.3, -0.25) is 0 Å². The van der Waals surface area contributed by atoms with E-state index >= 15 is 0 Å². The molecule has 12 atom stereocenters. The molecule has 0 aromatic heterocycles. The van der Waals surface area contributed by atoms with Gasteiger partial charge in [0.15, 0.2) is 5.79 Å². The summed E-state index contributed by atoms with van der Waals surface area (Å²) in [5.41, 5.74) is 0.212. The van der Waals surface area contributed by atoms with E-state index in [0.29, 0.717) is 11.8 Å². The van der Waals surface area contributed by atoms with Gasteiger partial charge in [0.1, 0.15) is 12.2 Å². The van der Waals surface area contributed by atoms with Gasteiger partial charge in [0.25, 0.3) is 0 Å². The van der Waals surface area contributed by atoms with Crippen molar-refractivity contribution in [1.82, 2.24) is 0 Å². The number of hydrogen-bond donors (Lipinski definition) is 3. The van der Waals surface area contributed by atoms with E-state index in [1.165, 1.54) is 12.0 Å². The van der Waals surface area contributed by atoms with Gasteiger partial charge in [0, 0.05) is 11.3 Å². The second-order valence-electron chi connectivity index (χ2n) is 15.5. The van der Waals surface area contributed by atoms with Crippen LogP contribution in [0.2, 0.25) is 0 Å². The minimum atomic E-state index is -1.05. The van der Waals surface area contributed by atoms with E-state index in [1.54, 1.807) is 0 Å². The molecule has 2 saturated heterocycles. The second kappa shape index (κ2) is 6.22. The summed E-state index contributed by atoms with van der Waals surface area (Å²) in [5.74, 6) is -0.111. The number of rotatable bonds is 1. The zero-order chi connectivity index (χ0) is 25.2. The summed E-state index contributed by atoms with van der Waals surface area (Å²) in [6, 6.07) is 0. The Labute approximate surface area is 210 Å². The highest BCUT2D eigenvalue weighted by atomic mass is 16.8. The largest absolute Gasteiger partial charge is 0.393 e. The normalized spacial score (nSPS) is 61.7. The SMILES string of the molecule is C[C@@H]1C[C@H]2O[C@]3(O[C@@H]2C(C)(C)O)[C@H]1[C@@]1(C)CC[C@@]24C[C@@]25CC[C@H](O)C(C)(C)C5CC=C4[C@]1(C)[C@H]3O. The van der Waals surface area contributed by atoms with Gasteiger partial charge in [-0.1, -0.05) is 46.3 Å². The molecule has 7 aliphatic rings. The number of aliphatic hydroxyl groups excluding tert-OH is 2. The molecule has 5 heteroatoms. The lowest BCUT2D eigenvalue weighted by atomic mass is 9.44. The fourth-order valence-corrected chi connectivity index (χ4v) is 11.8. The minimum Gasteiger partial charge on any atom is -0.393 e. The number of aliphatic hydroxyl groups is 3. The maximum Gasteiger partial charge on any atom is 0.199 e. The lowest BCUT2D eigenvalue weighted by Crippen LogP contribution is -2.55. The molecule has 7 rings (SSSR count). The first-order valence-corrected chi connectivity index (χ1v) is 14.3.